The van der Waals surface area contributed by atoms with Crippen LogP contribution in [0.15, 0.2) is 48.8 Å². The molecule has 0 aliphatic carbocycles. The lowest BCUT2D eigenvalue weighted by molar-refractivity contribution is -0.116. The standard InChI is InChI=1S/C15H13ClFNO/c1-15(14(16)19,10-11-6-8-18-9-7-11)12-2-4-13(17)5-3-12/h2-9H,10H2,1H3. The SMILES string of the molecule is CC(Cc1ccncc1)(C(=O)Cl)c1ccc(F)cc1. The summed E-state index contributed by atoms with van der Waals surface area (Å²) >= 11 is 5.76. The number of carbonyl (C=O) groups is 1. The van der Waals surface area contributed by atoms with Crippen LogP contribution in [0.5, 0.6) is 0 Å². The maximum absolute atomic E-state index is 13.0. The zero-order valence-corrected chi connectivity index (χ0v) is 11.2. The number of nitrogens with zero attached hydrogens (tertiary/aromatic N) is 1. The molecule has 1 aromatic heterocycles. The molecular weight excluding hydrogens is 265 g/mol. The van der Waals surface area contributed by atoms with Crippen molar-refractivity contribution in [2.45, 2.75) is 18.8 Å². The monoisotopic (exact) mass is 277 g/mol. The summed E-state index contributed by atoms with van der Waals surface area (Å²) in [5.74, 6) is -0.336. The molecule has 1 heterocycles. The molecule has 0 aliphatic rings. The number of carbonyl (C=O) groups excluding carboxylic acids is 1. The number of pyridine rings is 1. The molecule has 4 heteroatoms. The van der Waals surface area contributed by atoms with Gasteiger partial charge in [0.15, 0.2) is 0 Å². The minimum absolute atomic E-state index is 0.336. The molecule has 0 saturated carbocycles. The van der Waals surface area contributed by atoms with Crippen molar-refractivity contribution >= 4 is 16.8 Å². The van der Waals surface area contributed by atoms with E-state index in [1.807, 2.05) is 12.1 Å². The minimum atomic E-state index is -0.878. The Morgan fingerprint density at radius 1 is 1.21 bits per heavy atom. The number of rotatable bonds is 4. The Hall–Kier alpha value is -1.74. The molecule has 0 N–H and O–H groups in total. The van der Waals surface area contributed by atoms with Gasteiger partial charge in [-0.1, -0.05) is 12.1 Å². The molecule has 0 saturated heterocycles. The van der Waals surface area contributed by atoms with E-state index in [0.29, 0.717) is 12.0 Å². The molecule has 0 amide bonds. The van der Waals surface area contributed by atoms with Gasteiger partial charge in [0.05, 0.1) is 5.41 Å². The first kappa shape index (κ1) is 13.7. The molecule has 0 aliphatic heterocycles. The molecule has 1 aromatic carbocycles. The Morgan fingerprint density at radius 2 is 1.79 bits per heavy atom. The lowest BCUT2D eigenvalue weighted by Crippen LogP contribution is -2.31. The first-order valence-electron chi connectivity index (χ1n) is 5.87. The van der Waals surface area contributed by atoms with Crippen molar-refractivity contribution < 1.29 is 9.18 Å². The van der Waals surface area contributed by atoms with E-state index in [1.165, 1.54) is 12.1 Å². The summed E-state index contributed by atoms with van der Waals surface area (Å²) in [5.41, 5.74) is 0.776. The van der Waals surface area contributed by atoms with Crippen molar-refractivity contribution in [2.75, 3.05) is 0 Å². The third-order valence-electron chi connectivity index (χ3n) is 3.22. The molecule has 2 aromatic rings. The Bertz CT molecular complexity index is 570. The predicted octanol–water partition coefficient (Wildman–Crippen LogP) is 3.49. The van der Waals surface area contributed by atoms with Gasteiger partial charge < -0.3 is 0 Å². The molecule has 2 nitrogen and oxygen atoms in total. The maximum Gasteiger partial charge on any atom is 0.232 e. The van der Waals surface area contributed by atoms with Gasteiger partial charge in [-0.2, -0.15) is 0 Å². The smallest absolute Gasteiger partial charge is 0.232 e. The fourth-order valence-corrected chi connectivity index (χ4v) is 2.19. The predicted molar refractivity (Wildman–Crippen MR) is 72.6 cm³/mol. The second-order valence-corrected chi connectivity index (χ2v) is 4.99. The summed E-state index contributed by atoms with van der Waals surface area (Å²) in [7, 11) is 0. The molecule has 19 heavy (non-hydrogen) atoms. The van der Waals surface area contributed by atoms with Crippen molar-refractivity contribution in [2.24, 2.45) is 0 Å². The molecule has 2 rings (SSSR count). The number of hydrogen-bond donors (Lipinski definition) is 0. The average Bonchev–Trinajstić information content (AvgIpc) is 2.40. The van der Waals surface area contributed by atoms with E-state index in [1.54, 1.807) is 31.5 Å². The molecule has 0 bridgehead atoms. The molecule has 1 atom stereocenters. The van der Waals surface area contributed by atoms with Crippen LogP contribution >= 0.6 is 11.6 Å². The lowest BCUT2D eigenvalue weighted by atomic mass is 9.78. The fraction of sp³-hybridized carbons (Fsp3) is 0.200. The number of aromatic nitrogens is 1. The summed E-state index contributed by atoms with van der Waals surface area (Å²) in [4.78, 5) is 15.7. The van der Waals surface area contributed by atoms with Crippen LogP contribution in [0.3, 0.4) is 0 Å². The zero-order chi connectivity index (χ0) is 13.9. The summed E-state index contributed by atoms with van der Waals surface area (Å²) in [5, 5.41) is -0.462. The number of hydrogen-bond acceptors (Lipinski definition) is 2. The van der Waals surface area contributed by atoms with Gasteiger partial charge in [0.2, 0.25) is 5.24 Å². The highest BCUT2D eigenvalue weighted by atomic mass is 35.5. The minimum Gasteiger partial charge on any atom is -0.280 e. The van der Waals surface area contributed by atoms with Crippen LogP contribution in [0.25, 0.3) is 0 Å². The van der Waals surface area contributed by atoms with Crippen molar-refractivity contribution in [3.8, 4) is 0 Å². The Balaban J connectivity index is 2.38. The first-order chi connectivity index (χ1) is 9.02. The molecular formula is C15H13ClFNO. The van der Waals surface area contributed by atoms with E-state index in [2.05, 4.69) is 4.98 Å². The van der Waals surface area contributed by atoms with Crippen LogP contribution in [0.2, 0.25) is 0 Å². The topological polar surface area (TPSA) is 30.0 Å². The number of halogens is 2. The van der Waals surface area contributed by atoms with Gasteiger partial charge in [-0.25, -0.2) is 4.39 Å². The second kappa shape index (κ2) is 5.49. The zero-order valence-electron chi connectivity index (χ0n) is 10.4. The normalized spacial score (nSPS) is 13.8. The van der Waals surface area contributed by atoms with Gasteiger partial charge in [0.1, 0.15) is 5.82 Å². The highest BCUT2D eigenvalue weighted by Gasteiger charge is 2.34. The molecule has 0 fully saturated rings. The van der Waals surface area contributed by atoms with Crippen LogP contribution in [-0.4, -0.2) is 10.2 Å². The first-order valence-corrected chi connectivity index (χ1v) is 6.25. The highest BCUT2D eigenvalue weighted by molar-refractivity contribution is 6.65. The van der Waals surface area contributed by atoms with E-state index in [9.17, 15) is 9.18 Å². The molecule has 98 valence electrons. The third-order valence-corrected chi connectivity index (χ3v) is 3.64. The average molecular weight is 278 g/mol. The van der Waals surface area contributed by atoms with E-state index in [0.717, 1.165) is 5.56 Å². The van der Waals surface area contributed by atoms with E-state index in [-0.39, 0.29) is 5.82 Å². The van der Waals surface area contributed by atoms with Crippen LogP contribution in [0, 0.1) is 5.82 Å². The maximum atomic E-state index is 13.0. The Labute approximate surface area is 116 Å². The van der Waals surface area contributed by atoms with Crippen LogP contribution in [0.1, 0.15) is 18.1 Å². The summed E-state index contributed by atoms with van der Waals surface area (Å²) in [6.07, 6.45) is 3.78. The van der Waals surface area contributed by atoms with Gasteiger partial charge in [0, 0.05) is 12.4 Å². The number of benzene rings is 1. The van der Waals surface area contributed by atoms with Crippen molar-refractivity contribution in [3.05, 3.63) is 65.7 Å². The van der Waals surface area contributed by atoms with Crippen LogP contribution < -0.4 is 0 Å². The van der Waals surface area contributed by atoms with Crippen molar-refractivity contribution in [1.29, 1.82) is 0 Å². The van der Waals surface area contributed by atoms with Gasteiger partial charge in [-0.15, -0.1) is 0 Å². The second-order valence-electron chi connectivity index (χ2n) is 4.64. The summed E-state index contributed by atoms with van der Waals surface area (Å²) < 4.78 is 13.0. The van der Waals surface area contributed by atoms with Gasteiger partial charge in [0.25, 0.3) is 0 Å². The van der Waals surface area contributed by atoms with E-state index >= 15 is 0 Å². The Kier molecular flexibility index (Phi) is 3.96. The van der Waals surface area contributed by atoms with Crippen LogP contribution in [0.4, 0.5) is 4.39 Å². The van der Waals surface area contributed by atoms with Crippen LogP contribution in [-0.2, 0) is 16.6 Å². The molecule has 1 unspecified atom stereocenters. The lowest BCUT2D eigenvalue weighted by Gasteiger charge is -2.26. The Morgan fingerprint density at radius 3 is 2.32 bits per heavy atom. The third kappa shape index (κ3) is 2.99. The summed E-state index contributed by atoms with van der Waals surface area (Å²) in [6, 6.07) is 9.52. The van der Waals surface area contributed by atoms with Gasteiger partial charge >= 0.3 is 0 Å². The van der Waals surface area contributed by atoms with Crippen molar-refractivity contribution in [1.82, 2.24) is 4.98 Å². The molecule has 0 radical (unpaired) electrons. The quantitative estimate of drug-likeness (QED) is 0.801. The van der Waals surface area contributed by atoms with E-state index < -0.39 is 10.7 Å². The molecule has 0 spiro atoms. The largest absolute Gasteiger partial charge is 0.280 e. The highest BCUT2D eigenvalue weighted by Crippen LogP contribution is 2.30. The van der Waals surface area contributed by atoms with Gasteiger partial charge in [-0.05, 0) is 60.3 Å². The summed E-state index contributed by atoms with van der Waals surface area (Å²) in [6.45, 7) is 1.76. The van der Waals surface area contributed by atoms with Gasteiger partial charge in [-0.3, -0.25) is 9.78 Å². The van der Waals surface area contributed by atoms with Crippen molar-refractivity contribution in [3.63, 3.8) is 0 Å². The fourth-order valence-electron chi connectivity index (χ4n) is 2.01. The van der Waals surface area contributed by atoms with E-state index in [4.69, 9.17) is 11.6 Å².